The van der Waals surface area contributed by atoms with Gasteiger partial charge in [0.05, 0.1) is 18.2 Å². The average molecular weight is 358 g/mol. The lowest BCUT2D eigenvalue weighted by atomic mass is 10.2. The van der Waals surface area contributed by atoms with Gasteiger partial charge in [0.2, 0.25) is 0 Å². The molecule has 0 saturated carbocycles. The Morgan fingerprint density at radius 1 is 1.42 bits per heavy atom. The van der Waals surface area contributed by atoms with Crippen LogP contribution < -0.4 is 11.1 Å². The van der Waals surface area contributed by atoms with E-state index in [-0.39, 0.29) is 24.4 Å². The zero-order valence-corrected chi connectivity index (χ0v) is 14.2. The molecule has 9 heteroatoms. The van der Waals surface area contributed by atoms with E-state index < -0.39 is 11.7 Å². The largest absolute Gasteiger partial charge is 0.420 e. The lowest BCUT2D eigenvalue weighted by molar-refractivity contribution is 0.0822. The van der Waals surface area contributed by atoms with E-state index >= 15 is 0 Å². The zero-order chi connectivity index (χ0) is 18.1. The molecule has 26 heavy (non-hydrogen) atoms. The Labute approximate surface area is 147 Å². The molecule has 0 radical (unpaired) electrons. The van der Waals surface area contributed by atoms with Crippen molar-refractivity contribution in [3.05, 3.63) is 46.0 Å². The quantitative estimate of drug-likeness (QED) is 0.730. The Balaban J connectivity index is 1.48. The first kappa shape index (κ1) is 16.5. The summed E-state index contributed by atoms with van der Waals surface area (Å²) in [6.07, 6.45) is 1.95. The maximum absolute atomic E-state index is 12.1. The van der Waals surface area contributed by atoms with Crippen LogP contribution in [0.4, 0.5) is 0 Å². The van der Waals surface area contributed by atoms with Gasteiger partial charge in [0.15, 0.2) is 11.4 Å². The lowest BCUT2D eigenvalue weighted by Gasteiger charge is -2.08. The predicted molar refractivity (Wildman–Crippen MR) is 89.9 cm³/mol. The highest BCUT2D eigenvalue weighted by Crippen LogP contribution is 2.15. The van der Waals surface area contributed by atoms with Crippen molar-refractivity contribution in [1.29, 1.82) is 0 Å². The van der Waals surface area contributed by atoms with Crippen LogP contribution in [0.3, 0.4) is 0 Å². The van der Waals surface area contributed by atoms with Gasteiger partial charge in [-0.25, -0.2) is 4.79 Å². The molecule has 0 aliphatic carbocycles. The molecule has 136 valence electrons. The number of aryl methyl sites for hydroxylation is 1. The number of fused-ring (bicyclic) bond motifs is 1. The molecule has 3 aromatic rings. The molecule has 0 spiro atoms. The standard InChI is InChI=1S/C17H18N4O5/c1-10-4-5-13-12(7-10)21(17(23)25-13)9-14-19-16(26-20-14)15(22)18-8-11-3-2-6-24-11/h4-5,7,11H,2-3,6,8-9H2,1H3,(H,18,22)/t11-/m1/s1. The summed E-state index contributed by atoms with van der Waals surface area (Å²) in [6, 6.07) is 5.44. The van der Waals surface area contributed by atoms with E-state index in [0.717, 1.165) is 25.0 Å². The Kier molecular flexibility index (Phi) is 4.29. The van der Waals surface area contributed by atoms with Crippen molar-refractivity contribution in [2.45, 2.75) is 32.4 Å². The summed E-state index contributed by atoms with van der Waals surface area (Å²) in [4.78, 5) is 28.2. The van der Waals surface area contributed by atoms with Crippen molar-refractivity contribution in [1.82, 2.24) is 20.0 Å². The molecule has 0 unspecified atom stereocenters. The van der Waals surface area contributed by atoms with Crippen LogP contribution in [0, 0.1) is 6.92 Å². The van der Waals surface area contributed by atoms with Crippen LogP contribution in [0.25, 0.3) is 11.1 Å². The van der Waals surface area contributed by atoms with E-state index in [2.05, 4.69) is 15.5 Å². The minimum absolute atomic E-state index is 0.0282. The number of oxazole rings is 1. The summed E-state index contributed by atoms with van der Waals surface area (Å²) in [6.45, 7) is 3.10. The molecule has 1 aliphatic heterocycles. The van der Waals surface area contributed by atoms with Crippen molar-refractivity contribution < 1.29 is 18.5 Å². The molecule has 1 fully saturated rings. The van der Waals surface area contributed by atoms with Crippen LogP contribution in [0.15, 0.2) is 31.9 Å². The average Bonchev–Trinajstić information content (AvgIpc) is 3.35. The molecule has 1 atom stereocenters. The van der Waals surface area contributed by atoms with Crippen molar-refractivity contribution in [3.8, 4) is 0 Å². The molecule has 1 saturated heterocycles. The molecule has 3 heterocycles. The SMILES string of the molecule is Cc1ccc2oc(=O)n(Cc3noc(C(=O)NC[C@H]4CCCO4)n3)c2c1. The summed E-state index contributed by atoms with van der Waals surface area (Å²) >= 11 is 0. The van der Waals surface area contributed by atoms with E-state index in [1.165, 1.54) is 4.57 Å². The third-order valence-electron chi connectivity index (χ3n) is 4.30. The van der Waals surface area contributed by atoms with Gasteiger partial charge in [-0.2, -0.15) is 4.98 Å². The minimum Gasteiger partial charge on any atom is -0.408 e. The number of aromatic nitrogens is 3. The number of hydrogen-bond donors (Lipinski definition) is 1. The third kappa shape index (κ3) is 3.25. The molecule has 1 aliphatic rings. The molecular weight excluding hydrogens is 340 g/mol. The van der Waals surface area contributed by atoms with Gasteiger partial charge in [-0.1, -0.05) is 11.2 Å². The smallest absolute Gasteiger partial charge is 0.408 e. The Morgan fingerprint density at radius 2 is 2.31 bits per heavy atom. The second-order valence-corrected chi connectivity index (χ2v) is 6.29. The van der Waals surface area contributed by atoms with Crippen molar-refractivity contribution in [2.24, 2.45) is 0 Å². The number of rotatable bonds is 5. The highest BCUT2D eigenvalue weighted by molar-refractivity contribution is 5.89. The maximum Gasteiger partial charge on any atom is 0.420 e. The number of carbonyl (C=O) groups excluding carboxylic acids is 1. The Morgan fingerprint density at radius 3 is 3.12 bits per heavy atom. The summed E-state index contributed by atoms with van der Waals surface area (Å²) < 4.78 is 17.1. The number of benzene rings is 1. The van der Waals surface area contributed by atoms with Crippen LogP contribution >= 0.6 is 0 Å². The van der Waals surface area contributed by atoms with Crippen molar-refractivity contribution >= 4 is 17.0 Å². The predicted octanol–water partition coefficient (Wildman–Crippen LogP) is 1.24. The molecule has 1 N–H and O–H groups in total. The fourth-order valence-corrected chi connectivity index (χ4v) is 2.96. The van der Waals surface area contributed by atoms with Crippen LogP contribution in [-0.2, 0) is 11.3 Å². The van der Waals surface area contributed by atoms with Gasteiger partial charge in [0.1, 0.15) is 0 Å². The molecule has 1 amide bonds. The van der Waals surface area contributed by atoms with E-state index in [4.69, 9.17) is 13.7 Å². The van der Waals surface area contributed by atoms with Gasteiger partial charge in [0.25, 0.3) is 0 Å². The fraction of sp³-hybridized carbons (Fsp3) is 0.412. The van der Waals surface area contributed by atoms with Crippen LogP contribution in [0.1, 0.15) is 34.9 Å². The van der Waals surface area contributed by atoms with Gasteiger partial charge in [0, 0.05) is 13.2 Å². The van der Waals surface area contributed by atoms with Gasteiger partial charge in [-0.05, 0) is 37.5 Å². The zero-order valence-electron chi connectivity index (χ0n) is 14.2. The molecule has 1 aromatic carbocycles. The monoisotopic (exact) mass is 358 g/mol. The van der Waals surface area contributed by atoms with Gasteiger partial charge in [-0.15, -0.1) is 0 Å². The number of carbonyl (C=O) groups is 1. The number of amides is 1. The van der Waals surface area contributed by atoms with Gasteiger partial charge in [-0.3, -0.25) is 9.36 Å². The van der Waals surface area contributed by atoms with Gasteiger partial charge >= 0.3 is 17.6 Å². The van der Waals surface area contributed by atoms with Crippen LogP contribution in [-0.4, -0.2) is 39.9 Å². The number of ether oxygens (including phenoxy) is 1. The van der Waals surface area contributed by atoms with Crippen molar-refractivity contribution in [2.75, 3.05) is 13.2 Å². The molecule has 9 nitrogen and oxygen atoms in total. The second kappa shape index (κ2) is 6.75. The first-order valence-electron chi connectivity index (χ1n) is 8.42. The summed E-state index contributed by atoms with van der Waals surface area (Å²) in [5, 5.41) is 6.50. The van der Waals surface area contributed by atoms with Crippen LogP contribution in [0.5, 0.6) is 0 Å². The van der Waals surface area contributed by atoms with E-state index in [0.29, 0.717) is 17.6 Å². The second-order valence-electron chi connectivity index (χ2n) is 6.29. The number of hydrogen-bond acceptors (Lipinski definition) is 7. The third-order valence-corrected chi connectivity index (χ3v) is 4.30. The molecule has 2 aromatic heterocycles. The fourth-order valence-electron chi connectivity index (χ4n) is 2.96. The topological polar surface area (TPSA) is 112 Å². The minimum atomic E-state index is -0.514. The summed E-state index contributed by atoms with van der Waals surface area (Å²) in [5.41, 5.74) is 2.12. The first-order chi connectivity index (χ1) is 12.6. The van der Waals surface area contributed by atoms with E-state index in [1.54, 1.807) is 6.07 Å². The highest BCUT2D eigenvalue weighted by Gasteiger charge is 2.20. The highest BCUT2D eigenvalue weighted by atomic mass is 16.5. The van der Waals surface area contributed by atoms with E-state index in [9.17, 15) is 9.59 Å². The van der Waals surface area contributed by atoms with E-state index in [1.807, 2.05) is 19.1 Å². The maximum atomic E-state index is 12.1. The number of nitrogens with zero attached hydrogens (tertiary/aromatic N) is 3. The van der Waals surface area contributed by atoms with Gasteiger partial charge < -0.3 is 19.0 Å². The Bertz CT molecular complexity index is 996. The van der Waals surface area contributed by atoms with Crippen LogP contribution in [0.2, 0.25) is 0 Å². The Hall–Kier alpha value is -2.94. The lowest BCUT2D eigenvalue weighted by Crippen LogP contribution is -2.32. The number of nitrogens with one attached hydrogen (secondary N) is 1. The first-order valence-corrected chi connectivity index (χ1v) is 8.42. The molecule has 0 bridgehead atoms. The molecular formula is C17H18N4O5. The summed E-state index contributed by atoms with van der Waals surface area (Å²) in [5.74, 6) is -0.895. The molecule has 4 rings (SSSR count). The normalized spacial score (nSPS) is 17.0. The van der Waals surface area contributed by atoms with Crippen molar-refractivity contribution in [3.63, 3.8) is 0 Å². The summed E-state index contributed by atoms with van der Waals surface area (Å²) in [7, 11) is 0.